The number of benzene rings is 10. The third-order valence-electron chi connectivity index (χ3n) is 16.9. The van der Waals surface area contributed by atoms with Crippen molar-refractivity contribution in [3.63, 3.8) is 0 Å². The SMILES string of the molecule is CCc1cc(C(C)(c2ccc(Nc3ccccc3)c(CC(=O)c3cccc(C(C)=O)c3)c2)C(F)(F)F)ccc1Nc1ccccc1.Cc1cccc(-c2nc3cc(C(C)(c4ccc5c(c4)nc(C)n5-c4ccccc4)C(F)(F)F)ccc3n2-c2ccccc2)c1. The van der Waals surface area contributed by atoms with Gasteiger partial charge in [0.25, 0.3) is 0 Å². The zero-order valence-corrected chi connectivity index (χ0v) is 50.4. The Hall–Kier alpha value is -10.3. The molecule has 12 rings (SSSR count). The number of nitrogens with one attached hydrogen (secondary N) is 2. The number of anilines is 4. The largest absolute Gasteiger partial charge is 0.402 e. The van der Waals surface area contributed by atoms with E-state index in [0.717, 1.165) is 56.2 Å². The molecule has 90 heavy (non-hydrogen) atoms. The van der Waals surface area contributed by atoms with Crippen LogP contribution in [0.5, 0.6) is 0 Å². The Labute approximate surface area is 518 Å². The molecule has 0 aliphatic carbocycles. The number of aryl methyl sites for hydroxylation is 3. The number of para-hydroxylation sites is 4. The van der Waals surface area contributed by atoms with Crippen molar-refractivity contribution in [1.29, 1.82) is 0 Å². The van der Waals surface area contributed by atoms with Gasteiger partial charge in [-0.15, -0.1) is 0 Å². The lowest BCUT2D eigenvalue weighted by Gasteiger charge is -2.34. The Bertz CT molecular complexity index is 4580. The second-order valence-electron chi connectivity index (χ2n) is 22.8. The van der Waals surface area contributed by atoms with Crippen molar-refractivity contribution in [2.45, 2.75) is 77.6 Å². The molecule has 452 valence electrons. The molecular formula is C76H64F6N6O2. The standard InChI is InChI=1S/C39H35F3N2O2.C37H29F3N4/c1-4-27-23-31(18-20-35(27)43-33-14-7-5-8-15-33)38(3,39(40,41)42)32-19-21-36(44-34-16-9-6-10-17-34)30(24-32)25-37(46)29-13-11-12-28(22-29)26(2)45;1-24-11-10-12-26(21-24)35-42-32-23-28(18-20-34(32)44(35)30-15-8-5-9-16-30)36(3,37(38,39)40)27-17-19-33-31(22-27)41-25(2)43(33)29-13-6-4-7-14-29/h5-24,43-44H,4,25H2,1-3H3;4-23H,1-3H3. The predicted octanol–water partition coefficient (Wildman–Crippen LogP) is 19.7. The Morgan fingerprint density at radius 2 is 0.900 bits per heavy atom. The number of ketones is 2. The number of carbonyl (C=O) groups excluding carboxylic acids is 2. The van der Waals surface area contributed by atoms with E-state index in [4.69, 9.17) is 4.98 Å². The summed E-state index contributed by atoms with van der Waals surface area (Å²) in [4.78, 5) is 35.1. The minimum Gasteiger partial charge on any atom is -0.355 e. The third kappa shape index (κ3) is 12.2. The fourth-order valence-corrected chi connectivity index (χ4v) is 11.6. The molecule has 2 atom stereocenters. The smallest absolute Gasteiger partial charge is 0.355 e. The van der Waals surface area contributed by atoms with Gasteiger partial charge in [0.2, 0.25) is 0 Å². The number of imidazole rings is 2. The highest BCUT2D eigenvalue weighted by Gasteiger charge is 2.55. The minimum absolute atomic E-state index is 0.0183. The number of halogens is 6. The predicted molar refractivity (Wildman–Crippen MR) is 348 cm³/mol. The van der Waals surface area contributed by atoms with Crippen molar-refractivity contribution in [1.82, 2.24) is 19.1 Å². The van der Waals surface area contributed by atoms with Crippen molar-refractivity contribution < 1.29 is 35.9 Å². The first-order valence-electron chi connectivity index (χ1n) is 29.5. The highest BCUT2D eigenvalue weighted by atomic mass is 19.4. The zero-order valence-electron chi connectivity index (χ0n) is 50.4. The molecule has 0 spiro atoms. The van der Waals surface area contributed by atoms with Gasteiger partial charge in [-0.3, -0.25) is 18.7 Å². The molecule has 0 aliphatic rings. The number of nitrogens with zero attached hydrogens (tertiary/aromatic N) is 4. The molecule has 0 saturated heterocycles. The maximum Gasteiger partial charge on any atom is 0.402 e. The van der Waals surface area contributed by atoms with Crippen molar-refractivity contribution in [3.05, 3.63) is 299 Å². The highest BCUT2D eigenvalue weighted by molar-refractivity contribution is 6.02. The summed E-state index contributed by atoms with van der Waals surface area (Å²) in [5.41, 5.74) is 6.60. The van der Waals surface area contributed by atoms with E-state index in [-0.39, 0.29) is 40.2 Å². The van der Waals surface area contributed by atoms with Crippen molar-refractivity contribution >= 4 is 56.4 Å². The first-order valence-corrected chi connectivity index (χ1v) is 29.5. The molecule has 2 unspecified atom stereocenters. The highest BCUT2D eigenvalue weighted by Crippen LogP contribution is 2.50. The number of alkyl halides is 6. The van der Waals surface area contributed by atoms with Gasteiger partial charge in [0, 0.05) is 57.2 Å². The van der Waals surface area contributed by atoms with E-state index < -0.39 is 23.2 Å². The van der Waals surface area contributed by atoms with Crippen LogP contribution in [-0.4, -0.2) is 43.0 Å². The third-order valence-corrected chi connectivity index (χ3v) is 16.9. The minimum atomic E-state index is -4.65. The topological polar surface area (TPSA) is 93.8 Å². The molecule has 0 aliphatic heterocycles. The van der Waals surface area contributed by atoms with E-state index in [0.29, 0.717) is 51.5 Å². The van der Waals surface area contributed by atoms with Gasteiger partial charge in [-0.25, -0.2) is 9.97 Å². The van der Waals surface area contributed by atoms with Crippen LogP contribution in [0.3, 0.4) is 0 Å². The normalized spacial score (nSPS) is 13.0. The van der Waals surface area contributed by atoms with E-state index in [1.165, 1.54) is 45.0 Å². The van der Waals surface area contributed by atoms with Crippen molar-refractivity contribution in [2.75, 3.05) is 10.6 Å². The molecule has 2 aromatic heterocycles. The molecule has 0 bridgehead atoms. The number of fused-ring (bicyclic) bond motifs is 2. The summed E-state index contributed by atoms with van der Waals surface area (Å²) in [6, 6.07) is 71.7. The summed E-state index contributed by atoms with van der Waals surface area (Å²) in [6.07, 6.45) is -8.89. The molecule has 0 radical (unpaired) electrons. The molecule has 2 N–H and O–H groups in total. The number of hydrogen-bond donors (Lipinski definition) is 2. The van der Waals surface area contributed by atoms with E-state index in [1.54, 1.807) is 72.8 Å². The Morgan fingerprint density at radius 3 is 1.41 bits per heavy atom. The first-order chi connectivity index (χ1) is 43.1. The van der Waals surface area contributed by atoms with E-state index >= 15 is 26.3 Å². The van der Waals surface area contributed by atoms with Gasteiger partial charge in [-0.05, 0) is 171 Å². The van der Waals surface area contributed by atoms with E-state index in [1.807, 2.05) is 175 Å². The van der Waals surface area contributed by atoms with Crippen LogP contribution in [0, 0.1) is 13.8 Å². The number of aromatic nitrogens is 4. The first kappa shape index (κ1) is 61.3. The number of rotatable bonds is 16. The van der Waals surface area contributed by atoms with Crippen LogP contribution in [0.1, 0.15) is 93.2 Å². The number of Topliss-reactive ketones (excluding diaryl/α,β-unsaturated/α-hetero) is 2. The van der Waals surface area contributed by atoms with Crippen molar-refractivity contribution in [3.8, 4) is 22.8 Å². The van der Waals surface area contributed by atoms with Crippen LogP contribution in [-0.2, 0) is 23.7 Å². The summed E-state index contributed by atoms with van der Waals surface area (Å²) in [5, 5.41) is 6.59. The Kier molecular flexibility index (Phi) is 17.1. The number of hydrogen-bond acceptors (Lipinski definition) is 6. The Morgan fingerprint density at radius 1 is 0.456 bits per heavy atom. The molecule has 0 saturated carbocycles. The summed E-state index contributed by atoms with van der Waals surface area (Å²) in [5.74, 6) is 0.882. The lowest BCUT2D eigenvalue weighted by molar-refractivity contribution is -0.173. The van der Waals surface area contributed by atoms with Crippen LogP contribution in [0.25, 0.3) is 44.8 Å². The maximum absolute atomic E-state index is 15.3. The molecule has 12 aromatic rings. The zero-order chi connectivity index (χ0) is 63.5. The molecule has 0 fully saturated rings. The average molecular weight is 1210 g/mol. The average Bonchev–Trinajstić information content (AvgIpc) is 1.27. The van der Waals surface area contributed by atoms with Gasteiger partial charge in [-0.1, -0.05) is 158 Å². The summed E-state index contributed by atoms with van der Waals surface area (Å²) < 4.78 is 95.4. The van der Waals surface area contributed by atoms with Gasteiger partial charge < -0.3 is 10.6 Å². The molecule has 0 amide bonds. The fourth-order valence-electron chi connectivity index (χ4n) is 11.6. The summed E-state index contributed by atoms with van der Waals surface area (Å²) in [6.45, 7) is 9.63. The fraction of sp³-hybridized carbons (Fsp3) is 0.158. The molecule has 2 heterocycles. The molecule has 10 aromatic carbocycles. The van der Waals surface area contributed by atoms with Crippen LogP contribution < -0.4 is 10.6 Å². The molecule has 14 heteroatoms. The van der Waals surface area contributed by atoms with Crippen LogP contribution in [0.2, 0.25) is 0 Å². The maximum atomic E-state index is 15.3. The quantitative estimate of drug-likeness (QED) is 0.0739. The number of carbonyl (C=O) groups is 2. The van der Waals surface area contributed by atoms with Gasteiger partial charge in [0.1, 0.15) is 22.5 Å². The van der Waals surface area contributed by atoms with E-state index in [9.17, 15) is 9.59 Å². The van der Waals surface area contributed by atoms with Gasteiger partial charge in [0.05, 0.1) is 22.1 Å². The van der Waals surface area contributed by atoms with Crippen LogP contribution >= 0.6 is 0 Å². The summed E-state index contributed by atoms with van der Waals surface area (Å²) >= 11 is 0. The lowest BCUT2D eigenvalue weighted by Crippen LogP contribution is -2.40. The van der Waals surface area contributed by atoms with Crippen LogP contribution in [0.4, 0.5) is 49.1 Å². The summed E-state index contributed by atoms with van der Waals surface area (Å²) in [7, 11) is 0. The second-order valence-corrected chi connectivity index (χ2v) is 22.8. The lowest BCUT2D eigenvalue weighted by atomic mass is 9.74. The monoisotopic (exact) mass is 1210 g/mol. The second kappa shape index (κ2) is 25.0. The van der Waals surface area contributed by atoms with Crippen molar-refractivity contribution in [2.24, 2.45) is 0 Å². The molecular weight excluding hydrogens is 1140 g/mol. The van der Waals surface area contributed by atoms with E-state index in [2.05, 4.69) is 15.6 Å². The van der Waals surface area contributed by atoms with Crippen LogP contribution in [0.15, 0.2) is 243 Å². The van der Waals surface area contributed by atoms with Gasteiger partial charge in [0.15, 0.2) is 11.6 Å². The Balaban J connectivity index is 0.000000185. The van der Waals surface area contributed by atoms with Gasteiger partial charge >= 0.3 is 12.4 Å². The molecule has 8 nitrogen and oxygen atoms in total. The van der Waals surface area contributed by atoms with Gasteiger partial charge in [-0.2, -0.15) is 26.3 Å².